The van der Waals surface area contributed by atoms with E-state index in [-0.39, 0.29) is 5.25 Å². The number of thioether (sulfide) groups is 1. The Kier molecular flexibility index (Phi) is 4.72. The van der Waals surface area contributed by atoms with Gasteiger partial charge in [-0.15, -0.1) is 26.6 Å². The number of nitrogens with zero attached hydrogens (tertiary/aromatic N) is 4. The molecule has 4 rings (SSSR count). The van der Waals surface area contributed by atoms with Gasteiger partial charge in [0.25, 0.3) is 5.89 Å². The number of hydrogen-bond acceptors (Lipinski definition) is 8. The number of nitrogens with one attached hydrogen (secondary N) is 1. The summed E-state index contributed by atoms with van der Waals surface area (Å²) in [4.78, 5) is 5.48. The van der Waals surface area contributed by atoms with Crippen molar-refractivity contribution in [2.24, 2.45) is 0 Å². The third-order valence-corrected chi connectivity index (χ3v) is 5.44. The normalized spacial score (nSPS) is 12.2. The van der Waals surface area contributed by atoms with Crippen molar-refractivity contribution in [3.63, 3.8) is 0 Å². The number of hydrogen-bond donors (Lipinski definition) is 1. The Hall–Kier alpha value is -2.65. The van der Waals surface area contributed by atoms with E-state index in [1.165, 1.54) is 11.8 Å². The van der Waals surface area contributed by atoms with Crippen molar-refractivity contribution in [2.45, 2.75) is 17.3 Å². The van der Waals surface area contributed by atoms with Crippen LogP contribution in [0.5, 0.6) is 5.75 Å². The molecular formula is C17H15N5O2S2. The third kappa shape index (κ3) is 3.49. The van der Waals surface area contributed by atoms with E-state index in [2.05, 4.69) is 25.4 Å². The summed E-state index contributed by atoms with van der Waals surface area (Å²) in [6.07, 6.45) is 0. The van der Waals surface area contributed by atoms with Crippen molar-refractivity contribution in [1.82, 2.24) is 25.4 Å². The lowest BCUT2D eigenvalue weighted by Gasteiger charge is -2.02. The molecule has 3 aromatic heterocycles. The lowest BCUT2D eigenvalue weighted by molar-refractivity contribution is 0.415. The van der Waals surface area contributed by atoms with E-state index in [0.29, 0.717) is 22.8 Å². The molecule has 0 aliphatic heterocycles. The molecule has 26 heavy (non-hydrogen) atoms. The quantitative estimate of drug-likeness (QED) is 0.491. The zero-order chi connectivity index (χ0) is 17.9. The fourth-order valence-corrected chi connectivity index (χ4v) is 3.68. The fraction of sp³-hybridized carbons (Fsp3) is 0.176. The Bertz CT molecular complexity index is 979. The highest BCUT2D eigenvalue weighted by atomic mass is 32.2. The average molecular weight is 385 g/mol. The van der Waals surface area contributed by atoms with E-state index in [4.69, 9.17) is 9.15 Å². The van der Waals surface area contributed by atoms with Crippen LogP contribution in [0, 0.1) is 0 Å². The molecule has 0 bridgehead atoms. The molecule has 0 aliphatic rings. The molecule has 0 fully saturated rings. The summed E-state index contributed by atoms with van der Waals surface area (Å²) in [6.45, 7) is 1.99. The van der Waals surface area contributed by atoms with E-state index in [1.54, 1.807) is 18.4 Å². The van der Waals surface area contributed by atoms with Gasteiger partial charge in [0.05, 0.1) is 17.2 Å². The van der Waals surface area contributed by atoms with Gasteiger partial charge in [-0.05, 0) is 42.6 Å². The minimum absolute atomic E-state index is 0.0595. The van der Waals surface area contributed by atoms with E-state index in [0.717, 1.165) is 16.2 Å². The Labute approximate surface area is 157 Å². The molecule has 0 aliphatic carbocycles. The second-order valence-electron chi connectivity index (χ2n) is 5.38. The predicted octanol–water partition coefficient (Wildman–Crippen LogP) is 4.45. The van der Waals surface area contributed by atoms with Crippen LogP contribution in [-0.4, -0.2) is 32.5 Å². The lowest BCUT2D eigenvalue weighted by Crippen LogP contribution is -1.89. The number of thiophene rings is 1. The summed E-state index contributed by atoms with van der Waals surface area (Å²) in [5.74, 6) is 2.59. The molecule has 1 atom stereocenters. The number of H-pyrrole nitrogens is 1. The number of ether oxygens (including phenoxy) is 1. The van der Waals surface area contributed by atoms with Crippen molar-refractivity contribution in [3.05, 3.63) is 47.7 Å². The van der Waals surface area contributed by atoms with Gasteiger partial charge < -0.3 is 9.15 Å². The van der Waals surface area contributed by atoms with Crippen LogP contribution in [0.2, 0.25) is 0 Å². The van der Waals surface area contributed by atoms with Gasteiger partial charge in [-0.2, -0.15) is 0 Å². The zero-order valence-corrected chi connectivity index (χ0v) is 15.7. The highest BCUT2D eigenvalue weighted by Crippen LogP contribution is 2.34. The largest absolute Gasteiger partial charge is 0.497 e. The summed E-state index contributed by atoms with van der Waals surface area (Å²) in [7, 11) is 1.64. The Morgan fingerprint density at radius 3 is 2.77 bits per heavy atom. The van der Waals surface area contributed by atoms with Crippen LogP contribution < -0.4 is 4.74 Å². The maximum Gasteiger partial charge on any atom is 0.257 e. The maximum absolute atomic E-state index is 5.77. The summed E-state index contributed by atoms with van der Waals surface area (Å²) in [5.41, 5.74) is 0.940. The molecule has 1 aromatic carbocycles. The van der Waals surface area contributed by atoms with E-state index >= 15 is 0 Å². The number of benzene rings is 1. The van der Waals surface area contributed by atoms with E-state index < -0.39 is 0 Å². The monoisotopic (exact) mass is 385 g/mol. The van der Waals surface area contributed by atoms with Gasteiger partial charge in [-0.3, -0.25) is 5.10 Å². The Morgan fingerprint density at radius 2 is 2.04 bits per heavy atom. The van der Waals surface area contributed by atoms with Crippen LogP contribution in [-0.2, 0) is 0 Å². The summed E-state index contributed by atoms with van der Waals surface area (Å²) in [6, 6.07) is 11.5. The first-order chi connectivity index (χ1) is 12.7. The SMILES string of the molecule is COc1ccc(-c2nc(S[C@H](C)c3nnc(-c4cccs4)o3)n[nH]2)cc1. The Morgan fingerprint density at radius 1 is 1.19 bits per heavy atom. The molecule has 7 nitrogen and oxygen atoms in total. The van der Waals surface area contributed by atoms with Crippen molar-refractivity contribution in [2.75, 3.05) is 7.11 Å². The van der Waals surface area contributed by atoms with Crippen molar-refractivity contribution in [1.29, 1.82) is 0 Å². The van der Waals surface area contributed by atoms with Crippen LogP contribution in [0.25, 0.3) is 22.2 Å². The molecule has 4 aromatic rings. The highest BCUT2D eigenvalue weighted by Gasteiger charge is 2.19. The molecule has 1 N–H and O–H groups in total. The fourth-order valence-electron chi connectivity index (χ4n) is 2.28. The highest BCUT2D eigenvalue weighted by molar-refractivity contribution is 7.99. The maximum atomic E-state index is 5.77. The minimum Gasteiger partial charge on any atom is -0.497 e. The number of aromatic amines is 1. The van der Waals surface area contributed by atoms with Crippen molar-refractivity contribution >= 4 is 23.1 Å². The third-order valence-electron chi connectivity index (χ3n) is 3.63. The van der Waals surface area contributed by atoms with Gasteiger partial charge >= 0.3 is 0 Å². The number of rotatable bonds is 6. The molecule has 0 amide bonds. The summed E-state index contributed by atoms with van der Waals surface area (Å²) < 4.78 is 10.9. The second-order valence-corrected chi connectivity index (χ2v) is 7.63. The topological polar surface area (TPSA) is 89.7 Å². The molecule has 9 heteroatoms. The summed E-state index contributed by atoms with van der Waals surface area (Å²) >= 11 is 3.03. The van der Waals surface area contributed by atoms with E-state index in [1.807, 2.05) is 48.7 Å². The Balaban J connectivity index is 1.46. The van der Waals surface area contributed by atoms with Crippen LogP contribution in [0.1, 0.15) is 18.1 Å². The number of methoxy groups -OCH3 is 1. The van der Waals surface area contributed by atoms with Gasteiger partial charge in [0.15, 0.2) is 5.82 Å². The standard InChI is InChI=1S/C17H15N5O2S2/c1-10(15-20-21-16(24-15)13-4-3-9-25-13)26-17-18-14(19-22-17)11-5-7-12(23-2)8-6-11/h3-10H,1-2H3,(H,18,19,22)/t10-/m1/s1. The van der Waals surface area contributed by atoms with Gasteiger partial charge in [0.1, 0.15) is 5.75 Å². The molecule has 0 unspecified atom stereocenters. The minimum atomic E-state index is -0.0595. The average Bonchev–Trinajstić information content (AvgIpc) is 3.41. The second kappa shape index (κ2) is 7.30. The molecule has 0 saturated carbocycles. The first kappa shape index (κ1) is 16.8. The van der Waals surface area contributed by atoms with Crippen LogP contribution in [0.3, 0.4) is 0 Å². The smallest absolute Gasteiger partial charge is 0.257 e. The molecule has 132 valence electrons. The van der Waals surface area contributed by atoms with Crippen LogP contribution in [0.4, 0.5) is 0 Å². The molecular weight excluding hydrogens is 370 g/mol. The van der Waals surface area contributed by atoms with Crippen molar-refractivity contribution < 1.29 is 9.15 Å². The van der Waals surface area contributed by atoms with Gasteiger partial charge in [-0.25, -0.2) is 4.98 Å². The van der Waals surface area contributed by atoms with Crippen molar-refractivity contribution in [3.8, 4) is 27.9 Å². The van der Waals surface area contributed by atoms with Gasteiger partial charge in [0, 0.05) is 5.56 Å². The first-order valence-electron chi connectivity index (χ1n) is 7.83. The molecule has 0 spiro atoms. The summed E-state index contributed by atoms with van der Waals surface area (Å²) in [5, 5.41) is 18.0. The molecule has 0 saturated heterocycles. The van der Waals surface area contributed by atoms with Gasteiger partial charge in [0.2, 0.25) is 11.0 Å². The number of aromatic nitrogens is 5. The lowest BCUT2D eigenvalue weighted by atomic mass is 10.2. The molecule has 3 heterocycles. The van der Waals surface area contributed by atoms with E-state index in [9.17, 15) is 0 Å². The van der Waals surface area contributed by atoms with Gasteiger partial charge in [-0.1, -0.05) is 17.8 Å². The molecule has 0 radical (unpaired) electrons. The van der Waals surface area contributed by atoms with Crippen LogP contribution >= 0.6 is 23.1 Å². The first-order valence-corrected chi connectivity index (χ1v) is 9.59. The van der Waals surface area contributed by atoms with Crippen LogP contribution in [0.15, 0.2) is 51.4 Å². The predicted molar refractivity (Wildman–Crippen MR) is 100 cm³/mol. The zero-order valence-electron chi connectivity index (χ0n) is 14.0.